The van der Waals surface area contributed by atoms with E-state index in [9.17, 15) is 10.1 Å². The van der Waals surface area contributed by atoms with E-state index in [0.717, 1.165) is 16.7 Å². The summed E-state index contributed by atoms with van der Waals surface area (Å²) in [7, 11) is 0. The molecular weight excluding hydrogens is 294 g/mol. The zero-order valence-corrected chi connectivity index (χ0v) is 12.9. The lowest BCUT2D eigenvalue weighted by atomic mass is 10.1. The summed E-state index contributed by atoms with van der Waals surface area (Å²) in [6.45, 7) is 7.24. The first-order chi connectivity index (χ1) is 9.79. The topological polar surface area (TPSA) is 78.2 Å². The van der Waals surface area contributed by atoms with Crippen molar-refractivity contribution in [1.82, 2.24) is 9.97 Å². The molecule has 1 aromatic heterocycles. The lowest BCUT2D eigenvalue weighted by molar-refractivity contribution is -0.386. The van der Waals surface area contributed by atoms with Gasteiger partial charge in [0.2, 0.25) is 5.28 Å². The molecule has 2 rings (SSSR count). The van der Waals surface area contributed by atoms with Crippen LogP contribution in [-0.2, 0) is 0 Å². The van der Waals surface area contributed by atoms with E-state index < -0.39 is 4.92 Å². The molecule has 0 aliphatic rings. The second kappa shape index (κ2) is 5.65. The number of nitrogens with zero attached hydrogens (tertiary/aromatic N) is 3. The van der Waals surface area contributed by atoms with Crippen molar-refractivity contribution in [3.8, 4) is 11.6 Å². The summed E-state index contributed by atoms with van der Waals surface area (Å²) >= 11 is 5.77. The highest BCUT2D eigenvalue weighted by molar-refractivity contribution is 6.28. The quantitative estimate of drug-likeness (QED) is 0.485. The van der Waals surface area contributed by atoms with Crippen LogP contribution >= 0.6 is 11.6 Å². The van der Waals surface area contributed by atoms with Crippen LogP contribution in [0.1, 0.15) is 22.4 Å². The van der Waals surface area contributed by atoms with Crippen molar-refractivity contribution in [3.05, 3.63) is 49.9 Å². The average Bonchev–Trinajstić information content (AvgIpc) is 2.33. The van der Waals surface area contributed by atoms with Crippen molar-refractivity contribution in [2.45, 2.75) is 27.7 Å². The Kier molecular flexibility index (Phi) is 4.09. The Balaban J connectivity index is 2.57. The maximum Gasteiger partial charge on any atom is 0.352 e. The standard InChI is InChI=1S/C14H14ClN3O3/c1-7-5-8(2)9(3)11(6-7)21-13-12(18(19)20)10(4)16-14(15)17-13/h5-6H,1-4H3. The maximum absolute atomic E-state index is 11.2. The molecule has 0 bridgehead atoms. The molecule has 0 aliphatic carbocycles. The van der Waals surface area contributed by atoms with Gasteiger partial charge in [-0.05, 0) is 62.1 Å². The Labute approximate surface area is 126 Å². The number of benzene rings is 1. The molecule has 0 radical (unpaired) electrons. The van der Waals surface area contributed by atoms with Crippen LogP contribution < -0.4 is 4.74 Å². The van der Waals surface area contributed by atoms with Gasteiger partial charge in [0.25, 0.3) is 0 Å². The predicted molar refractivity (Wildman–Crippen MR) is 79.2 cm³/mol. The minimum absolute atomic E-state index is 0.0878. The first-order valence-corrected chi connectivity index (χ1v) is 6.61. The normalized spacial score (nSPS) is 10.5. The molecule has 110 valence electrons. The Morgan fingerprint density at radius 1 is 1.19 bits per heavy atom. The second-order valence-electron chi connectivity index (χ2n) is 4.80. The zero-order chi connectivity index (χ0) is 15.7. The second-order valence-corrected chi connectivity index (χ2v) is 5.13. The van der Waals surface area contributed by atoms with Gasteiger partial charge in [0.1, 0.15) is 11.4 Å². The van der Waals surface area contributed by atoms with Gasteiger partial charge in [-0.1, -0.05) is 6.07 Å². The number of rotatable bonds is 3. The number of aryl methyl sites for hydroxylation is 3. The van der Waals surface area contributed by atoms with Gasteiger partial charge in [-0.15, -0.1) is 0 Å². The third-order valence-electron chi connectivity index (χ3n) is 3.15. The van der Waals surface area contributed by atoms with E-state index in [1.54, 1.807) is 6.07 Å². The summed E-state index contributed by atoms with van der Waals surface area (Å²) in [6, 6.07) is 3.81. The number of hydrogen-bond donors (Lipinski definition) is 0. The van der Waals surface area contributed by atoms with E-state index in [-0.39, 0.29) is 22.5 Å². The maximum atomic E-state index is 11.2. The SMILES string of the molecule is Cc1cc(C)c(C)c(Oc2nc(Cl)nc(C)c2[N+](=O)[O-])c1. The largest absolute Gasteiger partial charge is 0.433 e. The Morgan fingerprint density at radius 2 is 1.86 bits per heavy atom. The number of halogens is 1. The van der Waals surface area contributed by atoms with Gasteiger partial charge in [-0.3, -0.25) is 10.1 Å². The minimum Gasteiger partial charge on any atom is -0.433 e. The molecule has 0 spiro atoms. The number of nitro groups is 1. The number of ether oxygens (including phenoxy) is 1. The van der Waals surface area contributed by atoms with Crippen LogP contribution in [0, 0.1) is 37.8 Å². The summed E-state index contributed by atoms with van der Waals surface area (Å²) in [5, 5.41) is 11.1. The summed E-state index contributed by atoms with van der Waals surface area (Å²) < 4.78 is 5.65. The van der Waals surface area contributed by atoms with Gasteiger partial charge in [0, 0.05) is 0 Å². The van der Waals surface area contributed by atoms with Crippen LogP contribution in [0.3, 0.4) is 0 Å². The fourth-order valence-electron chi connectivity index (χ4n) is 2.00. The van der Waals surface area contributed by atoms with E-state index in [1.807, 2.05) is 26.8 Å². The van der Waals surface area contributed by atoms with Gasteiger partial charge < -0.3 is 4.74 Å². The first-order valence-electron chi connectivity index (χ1n) is 6.24. The van der Waals surface area contributed by atoms with Gasteiger partial charge in [0.05, 0.1) is 4.92 Å². The third kappa shape index (κ3) is 3.11. The highest BCUT2D eigenvalue weighted by Gasteiger charge is 2.24. The molecule has 0 saturated heterocycles. The van der Waals surface area contributed by atoms with Crippen molar-refractivity contribution < 1.29 is 9.66 Å². The van der Waals surface area contributed by atoms with Gasteiger partial charge >= 0.3 is 11.6 Å². The minimum atomic E-state index is -0.570. The van der Waals surface area contributed by atoms with Crippen LogP contribution in [0.2, 0.25) is 5.28 Å². The molecule has 21 heavy (non-hydrogen) atoms. The summed E-state index contributed by atoms with van der Waals surface area (Å²) in [5.74, 6) is 0.371. The van der Waals surface area contributed by atoms with Crippen molar-refractivity contribution in [2.24, 2.45) is 0 Å². The molecule has 0 unspecified atom stereocenters. The molecule has 6 nitrogen and oxygen atoms in total. The van der Waals surface area contributed by atoms with Crippen LogP contribution in [0.4, 0.5) is 5.69 Å². The van der Waals surface area contributed by atoms with Gasteiger partial charge in [-0.25, -0.2) is 4.98 Å². The van der Waals surface area contributed by atoms with Crippen LogP contribution in [-0.4, -0.2) is 14.9 Å². The Bertz CT molecular complexity index is 732. The van der Waals surface area contributed by atoms with Crippen LogP contribution in [0.25, 0.3) is 0 Å². The van der Waals surface area contributed by atoms with Crippen molar-refractivity contribution in [1.29, 1.82) is 0 Å². The average molecular weight is 308 g/mol. The van der Waals surface area contributed by atoms with Crippen LogP contribution in [0.15, 0.2) is 12.1 Å². The molecule has 0 fully saturated rings. The highest BCUT2D eigenvalue weighted by Crippen LogP contribution is 2.34. The smallest absolute Gasteiger partial charge is 0.352 e. The summed E-state index contributed by atoms with van der Waals surface area (Å²) in [4.78, 5) is 18.2. The number of aromatic nitrogens is 2. The van der Waals surface area contributed by atoms with Gasteiger partial charge in [-0.2, -0.15) is 4.98 Å². The molecular formula is C14H14ClN3O3. The lowest BCUT2D eigenvalue weighted by Gasteiger charge is -2.12. The van der Waals surface area contributed by atoms with E-state index in [4.69, 9.17) is 16.3 Å². The summed E-state index contributed by atoms with van der Waals surface area (Å²) in [5.41, 5.74) is 2.80. The number of hydrogen-bond acceptors (Lipinski definition) is 5. The fourth-order valence-corrected chi connectivity index (χ4v) is 2.20. The van der Waals surface area contributed by atoms with Crippen molar-refractivity contribution in [3.63, 3.8) is 0 Å². The molecule has 0 atom stereocenters. The summed E-state index contributed by atoms with van der Waals surface area (Å²) in [6.07, 6.45) is 0. The monoisotopic (exact) mass is 307 g/mol. The zero-order valence-electron chi connectivity index (χ0n) is 12.1. The van der Waals surface area contributed by atoms with Crippen molar-refractivity contribution in [2.75, 3.05) is 0 Å². The Hall–Kier alpha value is -2.21. The first kappa shape index (κ1) is 15.2. The molecule has 2 aromatic rings. The molecule has 0 aliphatic heterocycles. The lowest BCUT2D eigenvalue weighted by Crippen LogP contribution is -2.02. The molecule has 1 aromatic carbocycles. The molecule has 7 heteroatoms. The van der Waals surface area contributed by atoms with Crippen LogP contribution in [0.5, 0.6) is 11.6 Å². The van der Waals surface area contributed by atoms with E-state index >= 15 is 0 Å². The highest BCUT2D eigenvalue weighted by atomic mass is 35.5. The predicted octanol–water partition coefficient (Wildman–Crippen LogP) is 4.06. The van der Waals surface area contributed by atoms with E-state index in [0.29, 0.717) is 5.75 Å². The molecule has 1 heterocycles. The molecule has 0 amide bonds. The van der Waals surface area contributed by atoms with E-state index in [2.05, 4.69) is 9.97 Å². The molecule has 0 N–H and O–H groups in total. The molecule has 0 saturated carbocycles. The fraction of sp³-hybridized carbons (Fsp3) is 0.286. The Morgan fingerprint density at radius 3 is 2.48 bits per heavy atom. The van der Waals surface area contributed by atoms with Crippen molar-refractivity contribution >= 4 is 17.3 Å². The third-order valence-corrected chi connectivity index (χ3v) is 3.32. The van der Waals surface area contributed by atoms with E-state index in [1.165, 1.54) is 6.92 Å². The van der Waals surface area contributed by atoms with Gasteiger partial charge in [0.15, 0.2) is 0 Å².